The molecule has 2 N–H and O–H groups in total. The SMILES string of the molecule is CCOC(=O)c1c(NC(=O)c2ccccc2F)sc(C(=O)Nc2cccc(C)c2)c1C. The molecular formula is C23H21FN2O4S. The van der Waals surface area contributed by atoms with Gasteiger partial charge in [0.15, 0.2) is 0 Å². The van der Waals surface area contributed by atoms with Crippen molar-refractivity contribution in [2.24, 2.45) is 0 Å². The van der Waals surface area contributed by atoms with Crippen molar-refractivity contribution in [1.29, 1.82) is 0 Å². The van der Waals surface area contributed by atoms with Crippen LogP contribution in [0.25, 0.3) is 0 Å². The second-order valence-corrected chi connectivity index (χ2v) is 7.76. The summed E-state index contributed by atoms with van der Waals surface area (Å²) in [5.41, 5.74) is 1.86. The molecule has 0 aliphatic heterocycles. The van der Waals surface area contributed by atoms with Gasteiger partial charge in [0.2, 0.25) is 0 Å². The van der Waals surface area contributed by atoms with Crippen LogP contribution in [0.2, 0.25) is 0 Å². The molecule has 160 valence electrons. The first-order chi connectivity index (χ1) is 14.8. The van der Waals surface area contributed by atoms with Crippen molar-refractivity contribution >= 4 is 39.8 Å². The molecule has 0 bridgehead atoms. The molecule has 0 radical (unpaired) electrons. The molecule has 0 aliphatic carbocycles. The Morgan fingerprint density at radius 3 is 2.42 bits per heavy atom. The fourth-order valence-electron chi connectivity index (χ4n) is 2.99. The predicted molar refractivity (Wildman–Crippen MR) is 118 cm³/mol. The van der Waals surface area contributed by atoms with E-state index in [9.17, 15) is 18.8 Å². The van der Waals surface area contributed by atoms with Crippen LogP contribution in [0.4, 0.5) is 15.1 Å². The van der Waals surface area contributed by atoms with Crippen LogP contribution < -0.4 is 10.6 Å². The highest BCUT2D eigenvalue weighted by Crippen LogP contribution is 2.35. The normalized spacial score (nSPS) is 10.5. The number of esters is 1. The molecule has 0 saturated heterocycles. The second kappa shape index (κ2) is 9.53. The third-order valence-corrected chi connectivity index (χ3v) is 5.66. The monoisotopic (exact) mass is 440 g/mol. The van der Waals surface area contributed by atoms with Crippen molar-refractivity contribution in [3.8, 4) is 0 Å². The number of anilines is 2. The number of amides is 2. The summed E-state index contributed by atoms with van der Waals surface area (Å²) in [5.74, 6) is -2.52. The molecule has 6 nitrogen and oxygen atoms in total. The highest BCUT2D eigenvalue weighted by molar-refractivity contribution is 7.19. The van der Waals surface area contributed by atoms with Crippen molar-refractivity contribution in [3.63, 3.8) is 0 Å². The molecule has 0 atom stereocenters. The van der Waals surface area contributed by atoms with Gasteiger partial charge in [-0.15, -0.1) is 11.3 Å². The Balaban J connectivity index is 1.96. The van der Waals surface area contributed by atoms with Gasteiger partial charge in [-0.2, -0.15) is 0 Å². The number of carbonyl (C=O) groups is 3. The second-order valence-electron chi connectivity index (χ2n) is 6.74. The molecule has 0 aliphatic rings. The van der Waals surface area contributed by atoms with Crippen LogP contribution in [-0.2, 0) is 4.74 Å². The van der Waals surface area contributed by atoms with Gasteiger partial charge in [0.05, 0.1) is 22.6 Å². The molecule has 1 aromatic heterocycles. The Kier molecular flexibility index (Phi) is 6.81. The first kappa shape index (κ1) is 22.2. The lowest BCUT2D eigenvalue weighted by atomic mass is 10.1. The lowest BCUT2D eigenvalue weighted by Crippen LogP contribution is -2.16. The largest absolute Gasteiger partial charge is 0.462 e. The van der Waals surface area contributed by atoms with Gasteiger partial charge in [0, 0.05) is 5.69 Å². The van der Waals surface area contributed by atoms with Gasteiger partial charge in [-0.05, 0) is 56.2 Å². The van der Waals surface area contributed by atoms with Crippen LogP contribution in [-0.4, -0.2) is 24.4 Å². The van der Waals surface area contributed by atoms with E-state index < -0.39 is 23.6 Å². The fourth-order valence-corrected chi connectivity index (χ4v) is 4.08. The summed E-state index contributed by atoms with van der Waals surface area (Å²) in [6.45, 7) is 5.29. The summed E-state index contributed by atoms with van der Waals surface area (Å²) in [5, 5.41) is 5.47. The molecule has 0 spiro atoms. The molecule has 3 rings (SSSR count). The average Bonchev–Trinajstić information content (AvgIpc) is 3.04. The van der Waals surface area contributed by atoms with Gasteiger partial charge in [0.1, 0.15) is 10.8 Å². The average molecular weight is 440 g/mol. The fraction of sp³-hybridized carbons (Fsp3) is 0.174. The van der Waals surface area contributed by atoms with Gasteiger partial charge in [-0.1, -0.05) is 24.3 Å². The zero-order valence-electron chi connectivity index (χ0n) is 17.2. The van der Waals surface area contributed by atoms with Crippen molar-refractivity contribution in [1.82, 2.24) is 0 Å². The molecule has 8 heteroatoms. The summed E-state index contributed by atoms with van der Waals surface area (Å²) < 4.78 is 19.1. The highest BCUT2D eigenvalue weighted by atomic mass is 32.1. The van der Waals surface area contributed by atoms with E-state index in [0.29, 0.717) is 11.3 Å². The topological polar surface area (TPSA) is 84.5 Å². The van der Waals surface area contributed by atoms with E-state index in [2.05, 4.69) is 10.6 Å². The van der Waals surface area contributed by atoms with Gasteiger partial charge in [-0.3, -0.25) is 9.59 Å². The minimum atomic E-state index is -0.726. The van der Waals surface area contributed by atoms with E-state index >= 15 is 0 Å². The third-order valence-electron chi connectivity index (χ3n) is 4.45. The number of carbonyl (C=O) groups excluding carboxylic acids is 3. The summed E-state index contributed by atoms with van der Waals surface area (Å²) >= 11 is 0.933. The molecule has 2 aromatic carbocycles. The van der Waals surface area contributed by atoms with Gasteiger partial charge >= 0.3 is 5.97 Å². The Bertz CT molecular complexity index is 1160. The highest BCUT2D eigenvalue weighted by Gasteiger charge is 2.27. The molecule has 1 heterocycles. The molecule has 31 heavy (non-hydrogen) atoms. The maximum absolute atomic E-state index is 14.0. The van der Waals surface area contributed by atoms with Crippen LogP contribution in [0.3, 0.4) is 0 Å². The number of halogens is 1. The first-order valence-electron chi connectivity index (χ1n) is 9.56. The zero-order chi connectivity index (χ0) is 22.5. The number of thiophene rings is 1. The number of aryl methyl sites for hydroxylation is 1. The summed E-state index contributed by atoms with van der Waals surface area (Å²) in [6.07, 6.45) is 0. The minimum Gasteiger partial charge on any atom is -0.462 e. The van der Waals surface area contributed by atoms with Gasteiger partial charge in [-0.25, -0.2) is 9.18 Å². The molecule has 0 saturated carbocycles. The van der Waals surface area contributed by atoms with E-state index in [4.69, 9.17) is 4.74 Å². The summed E-state index contributed by atoms with van der Waals surface area (Å²) in [7, 11) is 0. The van der Waals surface area contributed by atoms with Crippen LogP contribution >= 0.6 is 11.3 Å². The molecule has 0 unspecified atom stereocenters. The van der Waals surface area contributed by atoms with E-state index in [-0.39, 0.29) is 27.6 Å². The Hall–Kier alpha value is -3.52. The van der Waals surface area contributed by atoms with Crippen LogP contribution in [0.5, 0.6) is 0 Å². The number of hydrogen-bond acceptors (Lipinski definition) is 5. The van der Waals surface area contributed by atoms with Crippen LogP contribution in [0.15, 0.2) is 48.5 Å². The van der Waals surface area contributed by atoms with Crippen molar-refractivity contribution in [3.05, 3.63) is 81.5 Å². The number of rotatable bonds is 6. The quantitative estimate of drug-likeness (QED) is 0.517. The lowest BCUT2D eigenvalue weighted by molar-refractivity contribution is 0.0527. The maximum Gasteiger partial charge on any atom is 0.341 e. The third kappa shape index (κ3) is 4.97. The lowest BCUT2D eigenvalue weighted by Gasteiger charge is -2.07. The molecule has 2 amide bonds. The van der Waals surface area contributed by atoms with Crippen LogP contribution in [0, 0.1) is 19.7 Å². The summed E-state index contributed by atoms with van der Waals surface area (Å²) in [6, 6.07) is 12.8. The van der Waals surface area contributed by atoms with E-state index in [0.717, 1.165) is 16.9 Å². The van der Waals surface area contributed by atoms with E-state index in [1.165, 1.54) is 24.3 Å². The van der Waals surface area contributed by atoms with Crippen molar-refractivity contribution in [2.75, 3.05) is 17.2 Å². The standard InChI is InChI=1S/C23H21FN2O4S/c1-4-30-23(29)18-14(3)19(21(28)25-15-9-7-8-13(2)12-15)31-22(18)26-20(27)16-10-5-6-11-17(16)24/h5-12H,4H2,1-3H3,(H,25,28)(H,26,27). The number of nitrogens with one attached hydrogen (secondary N) is 2. The Labute approximate surface area is 183 Å². The summed E-state index contributed by atoms with van der Waals surface area (Å²) in [4.78, 5) is 38.2. The number of benzene rings is 2. The van der Waals surface area contributed by atoms with E-state index in [1.807, 2.05) is 25.1 Å². The zero-order valence-corrected chi connectivity index (χ0v) is 18.1. The molecular weight excluding hydrogens is 419 g/mol. The van der Waals surface area contributed by atoms with Gasteiger partial charge in [0.25, 0.3) is 11.8 Å². The smallest absolute Gasteiger partial charge is 0.341 e. The maximum atomic E-state index is 14.0. The molecule has 3 aromatic rings. The van der Waals surface area contributed by atoms with Crippen molar-refractivity contribution < 1.29 is 23.5 Å². The Morgan fingerprint density at radius 1 is 1.00 bits per heavy atom. The van der Waals surface area contributed by atoms with Crippen molar-refractivity contribution in [2.45, 2.75) is 20.8 Å². The first-order valence-corrected chi connectivity index (χ1v) is 10.4. The number of hydrogen-bond donors (Lipinski definition) is 2. The minimum absolute atomic E-state index is 0.0749. The number of ether oxygens (including phenoxy) is 1. The van der Waals surface area contributed by atoms with Gasteiger partial charge < -0.3 is 15.4 Å². The van der Waals surface area contributed by atoms with Crippen LogP contribution in [0.1, 0.15) is 48.4 Å². The van der Waals surface area contributed by atoms with E-state index in [1.54, 1.807) is 19.9 Å². The Morgan fingerprint density at radius 2 is 1.74 bits per heavy atom. The molecule has 0 fully saturated rings. The predicted octanol–water partition coefficient (Wildman–Crippen LogP) is 5.19.